The van der Waals surface area contributed by atoms with Crippen LogP contribution in [0.4, 0.5) is 5.82 Å². The van der Waals surface area contributed by atoms with Gasteiger partial charge in [0.15, 0.2) is 11.5 Å². The lowest BCUT2D eigenvalue weighted by atomic mass is 10.3. The molecule has 2 aromatic heterocycles. The normalized spacial score (nSPS) is 11.1. The minimum absolute atomic E-state index is 0.208. The van der Waals surface area contributed by atoms with Gasteiger partial charge in [0.05, 0.1) is 6.61 Å². The number of rotatable bonds is 7. The summed E-state index contributed by atoms with van der Waals surface area (Å²) >= 11 is 0. The van der Waals surface area contributed by atoms with Gasteiger partial charge in [-0.1, -0.05) is 26.7 Å². The Kier molecular flexibility index (Phi) is 4.60. The molecule has 0 radical (unpaired) electrons. The van der Waals surface area contributed by atoms with Gasteiger partial charge < -0.3 is 15.5 Å². The van der Waals surface area contributed by atoms with Crippen molar-refractivity contribution in [3.63, 3.8) is 0 Å². The molecule has 0 aliphatic carbocycles. The van der Waals surface area contributed by atoms with Crippen LogP contribution in [0.2, 0.25) is 0 Å². The van der Waals surface area contributed by atoms with Crippen molar-refractivity contribution >= 4 is 17.0 Å². The molecule has 20 heavy (non-hydrogen) atoms. The molecule has 0 bridgehead atoms. The molecule has 2 rings (SSSR count). The van der Waals surface area contributed by atoms with E-state index < -0.39 is 0 Å². The summed E-state index contributed by atoms with van der Waals surface area (Å²) in [4.78, 5) is 23.0. The van der Waals surface area contributed by atoms with Crippen molar-refractivity contribution < 1.29 is 4.74 Å². The number of imidazole rings is 1. The van der Waals surface area contributed by atoms with Crippen LogP contribution in [-0.2, 0) is 6.54 Å². The van der Waals surface area contributed by atoms with Gasteiger partial charge in [-0.2, -0.15) is 9.97 Å². The second-order valence-corrected chi connectivity index (χ2v) is 4.73. The minimum Gasteiger partial charge on any atom is -0.463 e. The third-order valence-corrected chi connectivity index (χ3v) is 3.09. The first-order chi connectivity index (χ1) is 9.67. The summed E-state index contributed by atoms with van der Waals surface area (Å²) in [5.41, 5.74) is 6.65. The largest absolute Gasteiger partial charge is 0.463 e. The van der Waals surface area contributed by atoms with Crippen LogP contribution in [0.5, 0.6) is 6.01 Å². The van der Waals surface area contributed by atoms with Gasteiger partial charge in [0, 0.05) is 6.54 Å². The predicted octanol–water partition coefficient (Wildman–Crippen LogP) is 1.68. The van der Waals surface area contributed by atoms with Crippen LogP contribution in [0.1, 0.15) is 39.5 Å². The molecule has 0 saturated carbocycles. The number of nitrogens with two attached hydrogens (primary N) is 1. The zero-order chi connectivity index (χ0) is 14.5. The molecule has 7 heteroatoms. The molecular formula is C13H21N5O2. The van der Waals surface area contributed by atoms with E-state index in [0.29, 0.717) is 24.3 Å². The van der Waals surface area contributed by atoms with Gasteiger partial charge in [-0.3, -0.25) is 4.57 Å². The summed E-state index contributed by atoms with van der Waals surface area (Å²) in [5.74, 6) is 0.244. The Morgan fingerprint density at radius 2 is 2.00 bits per heavy atom. The van der Waals surface area contributed by atoms with E-state index in [-0.39, 0.29) is 17.5 Å². The van der Waals surface area contributed by atoms with E-state index >= 15 is 0 Å². The summed E-state index contributed by atoms with van der Waals surface area (Å²) < 4.78 is 7.06. The quantitative estimate of drug-likeness (QED) is 0.751. The maximum Gasteiger partial charge on any atom is 0.327 e. The Morgan fingerprint density at radius 3 is 2.70 bits per heavy atom. The fraction of sp³-hybridized carbons (Fsp3) is 0.615. The fourth-order valence-corrected chi connectivity index (χ4v) is 1.93. The van der Waals surface area contributed by atoms with Gasteiger partial charge in [0.2, 0.25) is 0 Å². The highest BCUT2D eigenvalue weighted by molar-refractivity contribution is 5.81. The lowest BCUT2D eigenvalue weighted by molar-refractivity contribution is 0.286. The molecule has 0 saturated heterocycles. The third kappa shape index (κ3) is 2.92. The van der Waals surface area contributed by atoms with Crippen molar-refractivity contribution in [1.29, 1.82) is 0 Å². The molecular weight excluding hydrogens is 258 g/mol. The van der Waals surface area contributed by atoms with Crippen LogP contribution in [0, 0.1) is 0 Å². The molecule has 0 fully saturated rings. The van der Waals surface area contributed by atoms with Crippen molar-refractivity contribution in [2.75, 3.05) is 12.3 Å². The van der Waals surface area contributed by atoms with Crippen molar-refractivity contribution in [1.82, 2.24) is 19.5 Å². The molecule has 0 aromatic carbocycles. The van der Waals surface area contributed by atoms with Crippen molar-refractivity contribution in [2.24, 2.45) is 0 Å². The van der Waals surface area contributed by atoms with Crippen LogP contribution < -0.4 is 16.2 Å². The average molecular weight is 279 g/mol. The van der Waals surface area contributed by atoms with Crippen LogP contribution >= 0.6 is 0 Å². The van der Waals surface area contributed by atoms with Gasteiger partial charge in [-0.25, -0.2) is 4.79 Å². The number of fused-ring (bicyclic) bond motifs is 1. The summed E-state index contributed by atoms with van der Waals surface area (Å²) in [7, 11) is 0. The van der Waals surface area contributed by atoms with Crippen LogP contribution in [-0.4, -0.2) is 26.1 Å². The second-order valence-electron chi connectivity index (χ2n) is 4.73. The minimum atomic E-state index is -0.208. The number of aromatic amines is 1. The Morgan fingerprint density at radius 1 is 1.25 bits per heavy atom. The van der Waals surface area contributed by atoms with E-state index in [2.05, 4.69) is 28.8 Å². The van der Waals surface area contributed by atoms with Gasteiger partial charge in [-0.15, -0.1) is 0 Å². The molecule has 0 spiro atoms. The fourth-order valence-electron chi connectivity index (χ4n) is 1.93. The number of unbranched alkanes of at least 4 members (excludes halogenated alkanes) is 2. The summed E-state index contributed by atoms with van der Waals surface area (Å²) in [5, 5.41) is 0. The number of ether oxygens (including phenoxy) is 1. The number of nitrogens with zero attached hydrogens (tertiary/aromatic N) is 3. The van der Waals surface area contributed by atoms with Gasteiger partial charge in [0.1, 0.15) is 5.52 Å². The van der Waals surface area contributed by atoms with Gasteiger partial charge in [0.25, 0.3) is 0 Å². The Balaban J connectivity index is 2.37. The molecule has 2 heterocycles. The van der Waals surface area contributed by atoms with Gasteiger partial charge >= 0.3 is 11.7 Å². The second kappa shape index (κ2) is 6.40. The maximum atomic E-state index is 11.9. The molecule has 110 valence electrons. The molecule has 3 N–H and O–H groups in total. The van der Waals surface area contributed by atoms with Gasteiger partial charge in [-0.05, 0) is 12.8 Å². The van der Waals surface area contributed by atoms with E-state index in [0.717, 1.165) is 25.7 Å². The topological polar surface area (TPSA) is 98.8 Å². The number of hydrogen-bond acceptors (Lipinski definition) is 5. The Labute approximate surface area is 117 Å². The van der Waals surface area contributed by atoms with Crippen molar-refractivity contribution in [3.8, 4) is 6.01 Å². The van der Waals surface area contributed by atoms with Crippen LogP contribution in [0.25, 0.3) is 11.2 Å². The Bertz CT molecular complexity index is 631. The number of nitrogen functional groups attached to an aromatic ring is 1. The smallest absolute Gasteiger partial charge is 0.327 e. The van der Waals surface area contributed by atoms with E-state index in [1.807, 2.05) is 0 Å². The first-order valence-electron chi connectivity index (χ1n) is 7.06. The molecule has 0 unspecified atom stereocenters. The number of aromatic nitrogens is 4. The summed E-state index contributed by atoms with van der Waals surface area (Å²) in [6.07, 6.45) is 3.86. The van der Waals surface area contributed by atoms with E-state index in [1.165, 1.54) is 0 Å². The first-order valence-corrected chi connectivity index (χ1v) is 7.06. The summed E-state index contributed by atoms with van der Waals surface area (Å²) in [6, 6.07) is 0.229. The zero-order valence-corrected chi connectivity index (χ0v) is 12.0. The molecule has 7 nitrogen and oxygen atoms in total. The molecule has 0 amide bonds. The molecule has 0 aliphatic heterocycles. The van der Waals surface area contributed by atoms with E-state index in [4.69, 9.17) is 10.5 Å². The van der Waals surface area contributed by atoms with Crippen LogP contribution in [0.3, 0.4) is 0 Å². The number of hydrogen-bond donors (Lipinski definition) is 2. The first kappa shape index (κ1) is 14.4. The van der Waals surface area contributed by atoms with Crippen molar-refractivity contribution in [3.05, 3.63) is 10.5 Å². The van der Waals surface area contributed by atoms with E-state index in [9.17, 15) is 4.79 Å². The lowest BCUT2D eigenvalue weighted by Gasteiger charge is -2.06. The summed E-state index contributed by atoms with van der Waals surface area (Å²) in [6.45, 7) is 5.31. The van der Waals surface area contributed by atoms with E-state index in [1.54, 1.807) is 4.57 Å². The number of H-pyrrole nitrogens is 1. The Hall–Kier alpha value is -2.05. The monoisotopic (exact) mass is 279 g/mol. The molecule has 2 aromatic rings. The molecule has 0 atom stereocenters. The average Bonchev–Trinajstić information content (AvgIpc) is 2.74. The highest BCUT2D eigenvalue weighted by Gasteiger charge is 2.14. The SMILES string of the molecule is CCCCOc1nc(N)c2[nH]c(=O)n(CCCC)c2n1. The standard InChI is InChI=1S/C13H21N5O2/c1-3-5-7-18-11-9(15-13(18)19)10(14)16-12(17-11)20-8-6-4-2/h3-8H2,1-2H3,(H,15,19)(H2,14,16,17). The highest BCUT2D eigenvalue weighted by atomic mass is 16.5. The van der Waals surface area contributed by atoms with Crippen molar-refractivity contribution in [2.45, 2.75) is 46.1 Å². The predicted molar refractivity (Wildman–Crippen MR) is 77.9 cm³/mol. The third-order valence-electron chi connectivity index (χ3n) is 3.09. The highest BCUT2D eigenvalue weighted by Crippen LogP contribution is 2.18. The van der Waals surface area contributed by atoms with Crippen LogP contribution in [0.15, 0.2) is 4.79 Å². The zero-order valence-electron chi connectivity index (χ0n) is 12.0. The maximum absolute atomic E-state index is 11.9. The molecule has 0 aliphatic rings. The number of nitrogens with one attached hydrogen (secondary N) is 1. The lowest BCUT2D eigenvalue weighted by Crippen LogP contribution is -2.17. The number of aryl methyl sites for hydroxylation is 1. The number of anilines is 1.